The molecule has 0 aromatic heterocycles. The summed E-state index contributed by atoms with van der Waals surface area (Å²) in [6, 6.07) is 14.0. The molecule has 0 heterocycles. The van der Waals surface area contributed by atoms with E-state index < -0.39 is 21.0 Å². The van der Waals surface area contributed by atoms with E-state index in [-0.39, 0.29) is 17.1 Å². The second-order valence-corrected chi connectivity index (χ2v) is 8.30. The summed E-state index contributed by atoms with van der Waals surface area (Å²) in [6.45, 7) is 5.84. The molecular weight excluding hydrogens is 364 g/mol. The van der Waals surface area contributed by atoms with E-state index in [1.807, 2.05) is 37.3 Å². The highest BCUT2D eigenvalue weighted by atomic mass is 32.2. The molecule has 0 N–H and O–H groups in total. The highest BCUT2D eigenvalue weighted by Crippen LogP contribution is 2.45. The molecule has 0 spiro atoms. The minimum absolute atomic E-state index is 0.0229. The van der Waals surface area contributed by atoms with Crippen LogP contribution in [0.2, 0.25) is 0 Å². The summed E-state index contributed by atoms with van der Waals surface area (Å²) in [4.78, 5) is 10.3. The number of benzene rings is 2. The largest absolute Gasteiger partial charge is 0.269 e. The Morgan fingerprint density at radius 1 is 1.19 bits per heavy atom. The van der Waals surface area contributed by atoms with Crippen LogP contribution < -0.4 is 0 Å². The fourth-order valence-electron chi connectivity index (χ4n) is 3.09. The first-order valence-corrected chi connectivity index (χ1v) is 9.91. The molecule has 0 saturated carbocycles. The van der Waals surface area contributed by atoms with Crippen molar-refractivity contribution in [2.45, 2.75) is 24.3 Å². The van der Waals surface area contributed by atoms with Crippen molar-refractivity contribution in [1.29, 1.82) is 0 Å². The number of rotatable bonds is 8. The monoisotopic (exact) mass is 384 g/mol. The van der Waals surface area contributed by atoms with Crippen LogP contribution in [0.1, 0.15) is 24.9 Å². The van der Waals surface area contributed by atoms with E-state index in [2.05, 4.69) is 6.58 Å². The number of nitro groups is 1. The number of nitro benzene ring substituents is 1. The summed E-state index contributed by atoms with van der Waals surface area (Å²) >= 11 is 0. The molecule has 7 heteroatoms. The summed E-state index contributed by atoms with van der Waals surface area (Å²) in [7, 11) is -3.88. The van der Waals surface area contributed by atoms with Gasteiger partial charge in [0.2, 0.25) is 10.0 Å². The number of sulfonamides is 1. The topological polar surface area (TPSA) is 80.5 Å². The second-order valence-electron chi connectivity index (χ2n) is 6.41. The maximum atomic E-state index is 13.3. The number of hydrogen-bond donors (Lipinski definition) is 0. The van der Waals surface area contributed by atoms with Gasteiger partial charge in [-0.3, -0.25) is 10.1 Å². The van der Waals surface area contributed by atoms with Gasteiger partial charge in [-0.05, 0) is 36.6 Å². The highest BCUT2D eigenvalue weighted by molar-refractivity contribution is 7.89. The zero-order chi connectivity index (χ0) is 19.6. The predicted octanol–water partition coefficient (Wildman–Crippen LogP) is 4.23. The Bertz CT molecular complexity index is 996. The van der Waals surface area contributed by atoms with Crippen molar-refractivity contribution in [3.63, 3.8) is 0 Å². The van der Waals surface area contributed by atoms with Gasteiger partial charge in [0.05, 0.1) is 15.9 Å². The Morgan fingerprint density at radius 3 is 2.26 bits per heavy atom. The van der Waals surface area contributed by atoms with Gasteiger partial charge >= 0.3 is 0 Å². The van der Waals surface area contributed by atoms with Crippen molar-refractivity contribution >= 4 is 15.7 Å². The molecule has 0 fully saturated rings. The molecule has 3 rings (SSSR count). The third-order valence-corrected chi connectivity index (χ3v) is 6.42. The van der Waals surface area contributed by atoms with Crippen LogP contribution in [0.25, 0.3) is 0 Å². The Kier molecular flexibility index (Phi) is 5.25. The molecule has 0 aliphatic heterocycles. The van der Waals surface area contributed by atoms with Crippen LogP contribution in [0.15, 0.2) is 83.3 Å². The lowest BCUT2D eigenvalue weighted by Gasteiger charge is -2.29. The molecule has 1 unspecified atom stereocenters. The number of non-ortho nitro benzene ring substituents is 1. The lowest BCUT2D eigenvalue weighted by molar-refractivity contribution is -0.384. The quantitative estimate of drug-likeness (QED) is 0.387. The van der Waals surface area contributed by atoms with E-state index in [0.29, 0.717) is 0 Å². The number of hydrogen-bond acceptors (Lipinski definition) is 4. The molecule has 140 valence electrons. The smallest absolute Gasteiger partial charge is 0.258 e. The normalized spacial score (nSPS) is 14.9. The van der Waals surface area contributed by atoms with Gasteiger partial charge in [-0.15, -0.1) is 6.58 Å². The second kappa shape index (κ2) is 7.46. The summed E-state index contributed by atoms with van der Waals surface area (Å²) in [5.74, 6) is 0. The van der Waals surface area contributed by atoms with Gasteiger partial charge in [0.1, 0.15) is 0 Å². The number of allylic oxidation sites excluding steroid dienone is 1. The zero-order valence-corrected chi connectivity index (χ0v) is 15.7. The minimum atomic E-state index is -3.88. The molecule has 6 nitrogen and oxygen atoms in total. The van der Waals surface area contributed by atoms with Crippen LogP contribution in [0.3, 0.4) is 0 Å². The first kappa shape index (κ1) is 19.0. The summed E-state index contributed by atoms with van der Waals surface area (Å²) in [6.07, 6.45) is 2.35. The molecule has 1 atom stereocenters. The lowest BCUT2D eigenvalue weighted by Crippen LogP contribution is -2.35. The zero-order valence-electron chi connectivity index (χ0n) is 14.9. The third kappa shape index (κ3) is 3.84. The lowest BCUT2D eigenvalue weighted by atomic mass is 10.0. The van der Waals surface area contributed by atoms with Crippen molar-refractivity contribution in [3.05, 3.63) is 94.1 Å². The summed E-state index contributed by atoms with van der Waals surface area (Å²) in [5.41, 5.74) is 2.99. The molecule has 27 heavy (non-hydrogen) atoms. The van der Waals surface area contributed by atoms with Gasteiger partial charge in [-0.2, -0.15) is 4.31 Å². The minimum Gasteiger partial charge on any atom is -0.258 e. The fourth-order valence-corrected chi connectivity index (χ4v) is 4.67. The molecule has 2 aromatic rings. The standard InChI is InChI=1S/C20H20N2O4S/c1-3-13-21(20(19-14-15(19)2)16-7-5-4-6-8-16)27(25,26)18-11-9-17(10-12-18)22(23)24/h3-12,20H,1,13-14H2,2H3. The molecule has 2 aromatic carbocycles. The maximum Gasteiger partial charge on any atom is 0.269 e. The Morgan fingerprint density at radius 2 is 1.78 bits per heavy atom. The van der Waals surface area contributed by atoms with Crippen molar-refractivity contribution in [2.24, 2.45) is 0 Å². The molecule has 0 saturated heterocycles. The maximum absolute atomic E-state index is 13.3. The Labute approximate surface area is 158 Å². The van der Waals surface area contributed by atoms with E-state index in [0.717, 1.165) is 17.6 Å². The van der Waals surface area contributed by atoms with Crippen molar-refractivity contribution in [2.75, 3.05) is 6.54 Å². The molecule has 0 bridgehead atoms. The van der Waals surface area contributed by atoms with E-state index >= 15 is 0 Å². The van der Waals surface area contributed by atoms with Gasteiger partial charge in [0, 0.05) is 18.7 Å². The first-order chi connectivity index (χ1) is 12.9. The SMILES string of the molecule is C=CCN(C(C1=C(C)C1)c1ccccc1)S(=O)(=O)c1ccc([N+](=O)[O-])cc1. The van der Waals surface area contributed by atoms with Gasteiger partial charge in [0.25, 0.3) is 5.69 Å². The van der Waals surface area contributed by atoms with Crippen LogP contribution in [0, 0.1) is 10.1 Å². The Hall–Kier alpha value is -2.77. The van der Waals surface area contributed by atoms with Gasteiger partial charge in [-0.1, -0.05) is 42.0 Å². The molecule has 1 aliphatic rings. The molecule has 0 radical (unpaired) electrons. The number of nitrogens with zero attached hydrogens (tertiary/aromatic N) is 2. The average Bonchev–Trinajstić information content (AvgIpc) is 3.38. The van der Waals surface area contributed by atoms with Crippen molar-refractivity contribution in [1.82, 2.24) is 4.31 Å². The van der Waals surface area contributed by atoms with Crippen molar-refractivity contribution in [3.8, 4) is 0 Å². The van der Waals surface area contributed by atoms with Gasteiger partial charge in [0.15, 0.2) is 0 Å². The Balaban J connectivity index is 2.07. The van der Waals surface area contributed by atoms with E-state index in [1.54, 1.807) is 6.08 Å². The summed E-state index contributed by atoms with van der Waals surface area (Å²) in [5, 5.41) is 10.9. The van der Waals surface area contributed by atoms with Crippen LogP contribution in [0.4, 0.5) is 5.69 Å². The fraction of sp³-hybridized carbons (Fsp3) is 0.200. The first-order valence-electron chi connectivity index (χ1n) is 8.47. The highest BCUT2D eigenvalue weighted by Gasteiger charge is 2.38. The van der Waals surface area contributed by atoms with Crippen LogP contribution >= 0.6 is 0 Å². The molecule has 0 amide bonds. The predicted molar refractivity (Wildman–Crippen MR) is 104 cm³/mol. The van der Waals surface area contributed by atoms with Crippen LogP contribution in [-0.4, -0.2) is 24.2 Å². The third-order valence-electron chi connectivity index (χ3n) is 4.58. The molecule has 1 aliphatic carbocycles. The van der Waals surface area contributed by atoms with Crippen molar-refractivity contribution < 1.29 is 13.3 Å². The van der Waals surface area contributed by atoms with Crippen LogP contribution in [0.5, 0.6) is 0 Å². The van der Waals surface area contributed by atoms with Gasteiger partial charge in [-0.25, -0.2) is 8.42 Å². The van der Waals surface area contributed by atoms with E-state index in [1.165, 1.54) is 34.1 Å². The van der Waals surface area contributed by atoms with Crippen LogP contribution in [-0.2, 0) is 10.0 Å². The molecular formula is C20H20N2O4S. The van der Waals surface area contributed by atoms with E-state index in [4.69, 9.17) is 0 Å². The average molecular weight is 384 g/mol. The van der Waals surface area contributed by atoms with E-state index in [9.17, 15) is 18.5 Å². The van der Waals surface area contributed by atoms with Gasteiger partial charge < -0.3 is 0 Å². The summed E-state index contributed by atoms with van der Waals surface area (Å²) < 4.78 is 28.1.